The Balaban J connectivity index is 1.52. The van der Waals surface area contributed by atoms with Gasteiger partial charge in [0, 0.05) is 17.5 Å². The van der Waals surface area contributed by atoms with Crippen LogP contribution in [0.3, 0.4) is 0 Å². The van der Waals surface area contributed by atoms with Crippen LogP contribution in [0, 0.1) is 0 Å². The van der Waals surface area contributed by atoms with E-state index in [0.717, 1.165) is 41.4 Å². The summed E-state index contributed by atoms with van der Waals surface area (Å²) >= 11 is 1.67. The summed E-state index contributed by atoms with van der Waals surface area (Å²) in [5, 5.41) is 7.05. The number of anilines is 1. The summed E-state index contributed by atoms with van der Waals surface area (Å²) in [5.41, 5.74) is 3.60. The van der Waals surface area contributed by atoms with Crippen LogP contribution in [0.15, 0.2) is 66.3 Å². The third-order valence-electron chi connectivity index (χ3n) is 5.92. The van der Waals surface area contributed by atoms with Crippen LogP contribution >= 0.6 is 11.3 Å². The number of aromatic nitrogens is 2. The molecule has 1 aliphatic rings. The van der Waals surface area contributed by atoms with Crippen LogP contribution in [0.25, 0.3) is 21.3 Å². The Kier molecular flexibility index (Phi) is 5.82. The number of methoxy groups -OCH3 is 1. The monoisotopic (exact) mass is 430 g/mol. The molecule has 1 aliphatic heterocycles. The number of rotatable bonds is 7. The zero-order valence-corrected chi connectivity index (χ0v) is 18.4. The number of fused-ring (bicyclic) bond motifs is 1. The van der Waals surface area contributed by atoms with Crippen LogP contribution in [0.1, 0.15) is 24.4 Å². The minimum absolute atomic E-state index is 0.130. The molecule has 0 radical (unpaired) electrons. The maximum atomic E-state index is 5.36. The third-order valence-corrected chi connectivity index (χ3v) is 6.81. The van der Waals surface area contributed by atoms with Crippen molar-refractivity contribution in [3.05, 3.63) is 71.9 Å². The molecule has 3 heterocycles. The van der Waals surface area contributed by atoms with Crippen LogP contribution in [0.5, 0.6) is 5.75 Å². The molecule has 1 atom stereocenters. The van der Waals surface area contributed by atoms with Gasteiger partial charge in [-0.25, -0.2) is 9.97 Å². The van der Waals surface area contributed by atoms with Gasteiger partial charge in [0.2, 0.25) is 0 Å². The Labute approximate surface area is 186 Å². The van der Waals surface area contributed by atoms with Gasteiger partial charge in [-0.2, -0.15) is 0 Å². The lowest BCUT2D eigenvalue weighted by molar-refractivity contribution is 0.323. The van der Waals surface area contributed by atoms with Crippen molar-refractivity contribution in [3.8, 4) is 16.9 Å². The number of thiophene rings is 1. The summed E-state index contributed by atoms with van der Waals surface area (Å²) in [6, 6.07) is 19.0. The summed E-state index contributed by atoms with van der Waals surface area (Å²) in [4.78, 5) is 12.8. The molecule has 0 aliphatic carbocycles. The van der Waals surface area contributed by atoms with E-state index in [1.165, 1.54) is 29.5 Å². The predicted molar refractivity (Wildman–Crippen MR) is 128 cm³/mol. The maximum Gasteiger partial charge on any atom is 0.139 e. The third kappa shape index (κ3) is 4.27. The SMILES string of the molecule is COc1ccc(C(CN2CCCC2)Nc2ncnc3scc(-c4ccccc4)c23)cc1. The minimum Gasteiger partial charge on any atom is -0.497 e. The lowest BCUT2D eigenvalue weighted by atomic mass is 10.0. The first kappa shape index (κ1) is 20.0. The number of ether oxygens (including phenoxy) is 1. The van der Waals surface area contributed by atoms with Gasteiger partial charge in [0.05, 0.1) is 18.5 Å². The van der Waals surface area contributed by atoms with Crippen molar-refractivity contribution in [1.29, 1.82) is 0 Å². The number of nitrogens with one attached hydrogen (secondary N) is 1. The molecular weight excluding hydrogens is 404 g/mol. The maximum absolute atomic E-state index is 5.36. The van der Waals surface area contributed by atoms with Gasteiger partial charge in [-0.1, -0.05) is 42.5 Å². The second kappa shape index (κ2) is 9.04. The van der Waals surface area contributed by atoms with Crippen molar-refractivity contribution in [2.24, 2.45) is 0 Å². The molecule has 2 aromatic carbocycles. The first-order chi connectivity index (χ1) is 15.3. The van der Waals surface area contributed by atoms with E-state index < -0.39 is 0 Å². The van der Waals surface area contributed by atoms with E-state index in [-0.39, 0.29) is 6.04 Å². The van der Waals surface area contributed by atoms with E-state index in [0.29, 0.717) is 0 Å². The van der Waals surface area contributed by atoms with E-state index in [9.17, 15) is 0 Å². The molecule has 4 aromatic rings. The Morgan fingerprint density at radius 3 is 2.55 bits per heavy atom. The second-order valence-corrected chi connectivity index (χ2v) is 8.75. The average Bonchev–Trinajstić information content (AvgIpc) is 3.50. The molecular formula is C25H26N4OS. The van der Waals surface area contributed by atoms with Crippen LogP contribution in [0.2, 0.25) is 0 Å². The van der Waals surface area contributed by atoms with Crippen LogP contribution in [0.4, 0.5) is 5.82 Å². The van der Waals surface area contributed by atoms with Gasteiger partial charge in [0.1, 0.15) is 22.7 Å². The Bertz CT molecular complexity index is 1140. The summed E-state index contributed by atoms with van der Waals surface area (Å²) in [7, 11) is 1.70. The normalized spacial score (nSPS) is 15.3. The molecule has 0 saturated carbocycles. The van der Waals surface area contributed by atoms with Crippen LogP contribution in [-0.4, -0.2) is 41.6 Å². The van der Waals surface area contributed by atoms with Gasteiger partial charge in [0.25, 0.3) is 0 Å². The van der Waals surface area contributed by atoms with E-state index in [4.69, 9.17) is 4.74 Å². The number of hydrogen-bond donors (Lipinski definition) is 1. The topological polar surface area (TPSA) is 50.3 Å². The van der Waals surface area contributed by atoms with Crippen LogP contribution in [-0.2, 0) is 0 Å². The zero-order valence-electron chi connectivity index (χ0n) is 17.6. The van der Waals surface area contributed by atoms with Gasteiger partial charge >= 0.3 is 0 Å². The van der Waals surface area contributed by atoms with Crippen LogP contribution < -0.4 is 10.1 Å². The van der Waals surface area contributed by atoms with Crippen molar-refractivity contribution >= 4 is 27.4 Å². The fraction of sp³-hybridized carbons (Fsp3) is 0.280. The molecule has 5 nitrogen and oxygen atoms in total. The molecule has 1 N–H and O–H groups in total. The summed E-state index contributed by atoms with van der Waals surface area (Å²) < 4.78 is 5.36. The largest absolute Gasteiger partial charge is 0.497 e. The summed E-state index contributed by atoms with van der Waals surface area (Å²) in [6.07, 6.45) is 4.21. The Hall–Kier alpha value is -2.96. The smallest absolute Gasteiger partial charge is 0.139 e. The highest BCUT2D eigenvalue weighted by Crippen LogP contribution is 2.37. The minimum atomic E-state index is 0.130. The standard InChI is InChI=1S/C25H26N4OS/c1-30-20-11-9-19(10-12-20)22(15-29-13-5-6-14-29)28-24-23-21(18-7-3-2-4-8-18)16-31-25(23)27-17-26-24/h2-4,7-12,16-17,22H,5-6,13-15H2,1H3,(H,26,27,28). The second-order valence-electron chi connectivity index (χ2n) is 7.90. The van der Waals surface area contributed by atoms with Crippen molar-refractivity contribution in [2.75, 3.05) is 32.1 Å². The van der Waals surface area contributed by atoms with E-state index in [2.05, 4.69) is 62.0 Å². The lowest BCUT2D eigenvalue weighted by Crippen LogP contribution is -2.29. The molecule has 31 heavy (non-hydrogen) atoms. The first-order valence-corrected chi connectivity index (χ1v) is 11.6. The molecule has 158 valence electrons. The van der Waals surface area contributed by atoms with Gasteiger partial charge < -0.3 is 15.0 Å². The highest BCUT2D eigenvalue weighted by Gasteiger charge is 2.22. The summed E-state index contributed by atoms with van der Waals surface area (Å²) in [5.74, 6) is 1.77. The van der Waals surface area contributed by atoms with Crippen molar-refractivity contribution in [3.63, 3.8) is 0 Å². The first-order valence-electron chi connectivity index (χ1n) is 10.7. The number of benzene rings is 2. The molecule has 1 fully saturated rings. The van der Waals surface area contributed by atoms with Gasteiger partial charge in [-0.3, -0.25) is 0 Å². The average molecular weight is 431 g/mol. The molecule has 5 rings (SSSR count). The fourth-order valence-electron chi connectivity index (χ4n) is 4.27. The molecule has 0 spiro atoms. The number of hydrogen-bond acceptors (Lipinski definition) is 6. The van der Waals surface area contributed by atoms with Gasteiger partial charge in [-0.05, 0) is 49.2 Å². The molecule has 6 heteroatoms. The molecule has 2 aromatic heterocycles. The van der Waals surface area contributed by atoms with Gasteiger partial charge in [-0.15, -0.1) is 11.3 Å². The Morgan fingerprint density at radius 2 is 1.81 bits per heavy atom. The van der Waals surface area contributed by atoms with Crippen molar-refractivity contribution in [1.82, 2.24) is 14.9 Å². The molecule has 0 amide bonds. The number of likely N-dealkylation sites (tertiary alicyclic amines) is 1. The van der Waals surface area contributed by atoms with Gasteiger partial charge in [0.15, 0.2) is 0 Å². The van der Waals surface area contributed by atoms with E-state index in [1.54, 1.807) is 24.8 Å². The highest BCUT2D eigenvalue weighted by molar-refractivity contribution is 7.17. The van der Waals surface area contributed by atoms with E-state index in [1.807, 2.05) is 18.2 Å². The molecule has 0 bridgehead atoms. The quantitative estimate of drug-likeness (QED) is 0.413. The van der Waals surface area contributed by atoms with E-state index >= 15 is 0 Å². The highest BCUT2D eigenvalue weighted by atomic mass is 32.1. The zero-order chi connectivity index (χ0) is 21.0. The lowest BCUT2D eigenvalue weighted by Gasteiger charge is -2.26. The number of nitrogens with zero attached hydrogens (tertiary/aromatic N) is 3. The van der Waals surface area contributed by atoms with Crippen molar-refractivity contribution in [2.45, 2.75) is 18.9 Å². The molecule has 1 unspecified atom stereocenters. The molecule has 1 saturated heterocycles. The fourth-order valence-corrected chi connectivity index (χ4v) is 5.19. The predicted octanol–water partition coefficient (Wildman–Crippen LogP) is 5.62. The van der Waals surface area contributed by atoms with Crippen molar-refractivity contribution < 1.29 is 4.74 Å². The Morgan fingerprint density at radius 1 is 1.03 bits per heavy atom. The summed E-state index contributed by atoms with van der Waals surface area (Å²) in [6.45, 7) is 3.26.